The maximum atomic E-state index is 12.8. The molecule has 0 spiro atoms. The van der Waals surface area contributed by atoms with Gasteiger partial charge in [-0.3, -0.25) is 4.79 Å². The third-order valence-electron chi connectivity index (χ3n) is 3.72. The molecule has 4 heteroatoms. The molecule has 0 saturated carbocycles. The number of carbonyl (C=O) groups excluding carboxylic acids is 1. The minimum absolute atomic E-state index is 0.148. The van der Waals surface area contributed by atoms with E-state index in [0.29, 0.717) is 30.0 Å². The van der Waals surface area contributed by atoms with Crippen molar-refractivity contribution in [3.63, 3.8) is 0 Å². The molecule has 0 heterocycles. The molecule has 3 nitrogen and oxygen atoms in total. The Bertz CT molecular complexity index is 435. The molecule has 1 rings (SSSR count). The number of hydrogen-bond acceptors (Lipinski definition) is 2. The van der Waals surface area contributed by atoms with Crippen molar-refractivity contribution >= 4 is 5.91 Å². The normalized spacial score (nSPS) is 12.8. The third-order valence-corrected chi connectivity index (χ3v) is 3.72. The molecule has 118 valence electrons. The molecule has 1 aromatic carbocycles. The molecule has 0 saturated heterocycles. The molecule has 1 amide bonds. The maximum Gasteiger partial charge on any atom is 0.260 e. The first-order valence-corrected chi connectivity index (χ1v) is 7.51. The Labute approximate surface area is 126 Å². The van der Waals surface area contributed by atoms with Crippen molar-refractivity contribution in [2.24, 2.45) is 17.8 Å². The molecule has 0 aromatic heterocycles. The highest BCUT2D eigenvalue weighted by Gasteiger charge is 2.20. The van der Waals surface area contributed by atoms with Crippen molar-refractivity contribution in [1.29, 1.82) is 0 Å². The molecule has 0 radical (unpaired) electrons. The van der Waals surface area contributed by atoms with E-state index >= 15 is 0 Å². The Morgan fingerprint density at radius 2 is 1.62 bits per heavy atom. The largest absolute Gasteiger partial charge is 0.481 e. The number of rotatable bonds is 7. The summed E-state index contributed by atoms with van der Waals surface area (Å²) in [6.45, 7) is 11.0. The molecule has 1 aromatic rings. The SMILES string of the molecule is CC(Oc1ccc(F)cc1)C(=O)NCC(C(C)C)C(C)C. The summed E-state index contributed by atoms with van der Waals surface area (Å²) in [5.41, 5.74) is 0. The van der Waals surface area contributed by atoms with Gasteiger partial charge in [0.05, 0.1) is 0 Å². The van der Waals surface area contributed by atoms with Crippen LogP contribution in [0.4, 0.5) is 4.39 Å². The Kier molecular flexibility index (Phi) is 6.66. The van der Waals surface area contributed by atoms with Crippen LogP contribution in [0.15, 0.2) is 24.3 Å². The molecule has 0 aliphatic carbocycles. The van der Waals surface area contributed by atoms with Crippen molar-refractivity contribution in [2.75, 3.05) is 6.54 Å². The van der Waals surface area contributed by atoms with Crippen LogP contribution in [0.1, 0.15) is 34.6 Å². The monoisotopic (exact) mass is 295 g/mol. The van der Waals surface area contributed by atoms with Crippen molar-refractivity contribution in [2.45, 2.75) is 40.7 Å². The number of carbonyl (C=O) groups is 1. The van der Waals surface area contributed by atoms with Gasteiger partial charge in [-0.1, -0.05) is 27.7 Å². The minimum atomic E-state index is -0.601. The zero-order chi connectivity index (χ0) is 16.0. The molecule has 1 unspecified atom stereocenters. The topological polar surface area (TPSA) is 38.3 Å². The van der Waals surface area contributed by atoms with Gasteiger partial charge in [0.2, 0.25) is 0 Å². The molecule has 0 fully saturated rings. The van der Waals surface area contributed by atoms with Gasteiger partial charge in [-0.05, 0) is 48.9 Å². The van der Waals surface area contributed by atoms with Crippen LogP contribution >= 0.6 is 0 Å². The number of amides is 1. The van der Waals surface area contributed by atoms with Crippen molar-refractivity contribution in [3.8, 4) is 5.75 Å². The second kappa shape index (κ2) is 8.01. The van der Waals surface area contributed by atoms with Gasteiger partial charge in [0, 0.05) is 6.54 Å². The predicted molar refractivity (Wildman–Crippen MR) is 82.7 cm³/mol. The van der Waals surface area contributed by atoms with Gasteiger partial charge in [0.1, 0.15) is 11.6 Å². The molecule has 1 atom stereocenters. The maximum absolute atomic E-state index is 12.8. The Balaban J connectivity index is 2.49. The van der Waals surface area contributed by atoms with E-state index in [1.807, 2.05) is 0 Å². The van der Waals surface area contributed by atoms with Crippen LogP contribution in [0.5, 0.6) is 5.75 Å². The lowest BCUT2D eigenvalue weighted by Gasteiger charge is -2.25. The van der Waals surface area contributed by atoms with Crippen LogP contribution < -0.4 is 10.1 Å². The lowest BCUT2D eigenvalue weighted by Crippen LogP contribution is -2.40. The van der Waals surface area contributed by atoms with Crippen molar-refractivity contribution in [1.82, 2.24) is 5.32 Å². The fourth-order valence-corrected chi connectivity index (χ4v) is 2.37. The summed E-state index contributed by atoms with van der Waals surface area (Å²) in [5.74, 6) is 1.48. The van der Waals surface area contributed by atoms with Crippen LogP contribution in [-0.2, 0) is 4.79 Å². The van der Waals surface area contributed by atoms with E-state index in [1.165, 1.54) is 24.3 Å². The molecule has 1 N–H and O–H groups in total. The van der Waals surface area contributed by atoms with Crippen LogP contribution in [0, 0.1) is 23.6 Å². The van der Waals surface area contributed by atoms with Gasteiger partial charge < -0.3 is 10.1 Å². The standard InChI is InChI=1S/C17H26FNO2/c1-11(2)16(12(3)4)10-19-17(20)13(5)21-15-8-6-14(18)7-9-15/h6-9,11-13,16H,10H2,1-5H3,(H,19,20). The van der Waals surface area contributed by atoms with Gasteiger partial charge in [0.15, 0.2) is 6.10 Å². The van der Waals surface area contributed by atoms with E-state index < -0.39 is 6.10 Å². The average Bonchev–Trinajstić information content (AvgIpc) is 2.40. The van der Waals surface area contributed by atoms with Gasteiger partial charge in [-0.2, -0.15) is 0 Å². The number of nitrogens with one attached hydrogen (secondary N) is 1. The second-order valence-corrected chi connectivity index (χ2v) is 6.11. The summed E-state index contributed by atoms with van der Waals surface area (Å²) in [5, 5.41) is 2.94. The Hall–Kier alpha value is -1.58. The number of hydrogen-bond donors (Lipinski definition) is 1. The first-order chi connectivity index (χ1) is 9.81. The van der Waals surface area contributed by atoms with Gasteiger partial charge in [-0.15, -0.1) is 0 Å². The first kappa shape index (κ1) is 17.5. The highest BCUT2D eigenvalue weighted by molar-refractivity contribution is 5.80. The van der Waals surface area contributed by atoms with Crippen molar-refractivity contribution in [3.05, 3.63) is 30.1 Å². The number of benzene rings is 1. The molecule has 0 aliphatic heterocycles. The number of ether oxygens (including phenoxy) is 1. The third kappa shape index (κ3) is 5.74. The fourth-order valence-electron chi connectivity index (χ4n) is 2.37. The summed E-state index contributed by atoms with van der Waals surface area (Å²) in [7, 11) is 0. The van der Waals surface area contributed by atoms with E-state index in [2.05, 4.69) is 33.0 Å². The highest BCUT2D eigenvalue weighted by atomic mass is 19.1. The van der Waals surface area contributed by atoms with Crippen LogP contribution in [0.25, 0.3) is 0 Å². The van der Waals surface area contributed by atoms with Crippen LogP contribution in [0.2, 0.25) is 0 Å². The minimum Gasteiger partial charge on any atom is -0.481 e. The van der Waals surface area contributed by atoms with Crippen LogP contribution in [-0.4, -0.2) is 18.6 Å². The van der Waals surface area contributed by atoms with E-state index in [4.69, 9.17) is 4.74 Å². The van der Waals surface area contributed by atoms with Gasteiger partial charge >= 0.3 is 0 Å². The molecule has 0 bridgehead atoms. The van der Waals surface area contributed by atoms with Gasteiger partial charge in [-0.25, -0.2) is 4.39 Å². The lowest BCUT2D eigenvalue weighted by atomic mass is 9.85. The van der Waals surface area contributed by atoms with Gasteiger partial charge in [0.25, 0.3) is 5.91 Å². The smallest absolute Gasteiger partial charge is 0.260 e. The highest BCUT2D eigenvalue weighted by Crippen LogP contribution is 2.19. The molecular weight excluding hydrogens is 269 g/mol. The summed E-state index contributed by atoms with van der Waals surface area (Å²) in [6.07, 6.45) is -0.601. The fraction of sp³-hybridized carbons (Fsp3) is 0.588. The summed E-state index contributed by atoms with van der Waals surface area (Å²) in [4.78, 5) is 12.1. The van der Waals surface area contributed by atoms with E-state index in [9.17, 15) is 9.18 Å². The van der Waals surface area contributed by atoms with Crippen molar-refractivity contribution < 1.29 is 13.9 Å². The Morgan fingerprint density at radius 1 is 1.10 bits per heavy atom. The second-order valence-electron chi connectivity index (χ2n) is 6.11. The summed E-state index contributed by atoms with van der Waals surface area (Å²) < 4.78 is 18.3. The summed E-state index contributed by atoms with van der Waals surface area (Å²) in [6, 6.07) is 5.66. The molecular formula is C17H26FNO2. The zero-order valence-electron chi connectivity index (χ0n) is 13.5. The van der Waals surface area contributed by atoms with E-state index in [0.717, 1.165) is 0 Å². The summed E-state index contributed by atoms with van der Waals surface area (Å²) >= 11 is 0. The van der Waals surface area contributed by atoms with E-state index in [1.54, 1.807) is 6.92 Å². The molecule has 0 aliphatic rings. The average molecular weight is 295 g/mol. The Morgan fingerprint density at radius 3 is 2.10 bits per heavy atom. The number of halogens is 1. The first-order valence-electron chi connectivity index (χ1n) is 7.51. The quantitative estimate of drug-likeness (QED) is 0.834. The molecule has 21 heavy (non-hydrogen) atoms. The van der Waals surface area contributed by atoms with E-state index in [-0.39, 0.29) is 11.7 Å². The zero-order valence-corrected chi connectivity index (χ0v) is 13.5. The lowest BCUT2D eigenvalue weighted by molar-refractivity contribution is -0.127. The predicted octanol–water partition coefficient (Wildman–Crippen LogP) is 3.64. The van der Waals surface area contributed by atoms with Crippen LogP contribution in [0.3, 0.4) is 0 Å².